The van der Waals surface area contributed by atoms with Crippen LogP contribution in [0.25, 0.3) is 10.9 Å². The van der Waals surface area contributed by atoms with Crippen molar-refractivity contribution in [3.8, 4) is 5.75 Å². The van der Waals surface area contributed by atoms with E-state index >= 15 is 0 Å². The summed E-state index contributed by atoms with van der Waals surface area (Å²) in [6.07, 6.45) is 1.81. The Balaban J connectivity index is 0.000000125. The molecule has 0 radical (unpaired) electrons. The van der Waals surface area contributed by atoms with Crippen LogP contribution in [0.3, 0.4) is 0 Å². The lowest BCUT2D eigenvalue weighted by Gasteiger charge is -1.82. The van der Waals surface area contributed by atoms with Gasteiger partial charge in [0.1, 0.15) is 5.75 Å². The Morgan fingerprint density at radius 3 is 2.19 bits per heavy atom. The van der Waals surface area contributed by atoms with Gasteiger partial charge in [-0.25, -0.2) is 0 Å². The third-order valence-electron chi connectivity index (χ3n) is 2.11. The van der Waals surface area contributed by atoms with Crippen molar-refractivity contribution in [2.75, 3.05) is 0 Å². The molecular formula is C13H12N2O. The van der Waals surface area contributed by atoms with Gasteiger partial charge in [-0.15, -0.1) is 0 Å². The average molecular weight is 212 g/mol. The number of H-pyrrole nitrogens is 1. The molecule has 16 heavy (non-hydrogen) atoms. The average Bonchev–Trinajstić information content (AvgIpc) is 2.79. The largest absolute Gasteiger partial charge is 0.508 e. The molecule has 80 valence electrons. The van der Waals surface area contributed by atoms with Gasteiger partial charge in [-0.05, 0) is 18.2 Å². The number of aromatic hydroxyl groups is 1. The first-order chi connectivity index (χ1) is 7.86. The highest BCUT2D eigenvalue weighted by molar-refractivity contribution is 5.77. The van der Waals surface area contributed by atoms with Crippen molar-refractivity contribution in [2.45, 2.75) is 0 Å². The standard InChI is InChI=1S/C7H6N2.C6H6O/c1-2-4-7-6(3-1)5-8-9-7;7-6-4-2-1-3-5-6/h1-5H,(H,8,9);1-5,7H. The van der Waals surface area contributed by atoms with Gasteiger partial charge in [-0.2, -0.15) is 5.10 Å². The quantitative estimate of drug-likeness (QED) is 0.602. The number of benzene rings is 2. The lowest BCUT2D eigenvalue weighted by Crippen LogP contribution is -1.63. The lowest BCUT2D eigenvalue weighted by atomic mass is 10.3. The van der Waals surface area contributed by atoms with E-state index in [1.54, 1.807) is 24.3 Å². The molecule has 1 aromatic heterocycles. The molecule has 3 nitrogen and oxygen atoms in total. The van der Waals surface area contributed by atoms with Gasteiger partial charge in [0, 0.05) is 5.39 Å². The van der Waals surface area contributed by atoms with E-state index in [1.165, 1.54) is 0 Å². The van der Waals surface area contributed by atoms with E-state index in [2.05, 4.69) is 10.2 Å². The molecule has 0 saturated heterocycles. The number of hydrogen-bond donors (Lipinski definition) is 2. The van der Waals surface area contributed by atoms with E-state index in [0.717, 1.165) is 10.9 Å². The fraction of sp³-hybridized carbons (Fsp3) is 0. The van der Waals surface area contributed by atoms with Crippen LogP contribution >= 0.6 is 0 Å². The topological polar surface area (TPSA) is 48.9 Å². The van der Waals surface area contributed by atoms with Crippen LogP contribution in [0, 0.1) is 0 Å². The predicted octanol–water partition coefficient (Wildman–Crippen LogP) is 2.96. The second-order valence-corrected chi connectivity index (χ2v) is 3.29. The number of phenols is 1. The van der Waals surface area contributed by atoms with Gasteiger partial charge in [0.05, 0.1) is 11.7 Å². The van der Waals surface area contributed by atoms with Crippen LogP contribution < -0.4 is 0 Å². The molecule has 3 aromatic rings. The molecule has 0 spiro atoms. The highest BCUT2D eigenvalue weighted by Crippen LogP contribution is 2.07. The zero-order chi connectivity index (χ0) is 11.2. The summed E-state index contributed by atoms with van der Waals surface area (Å²) in [5.41, 5.74) is 1.09. The number of nitrogens with one attached hydrogen (secondary N) is 1. The fourth-order valence-electron chi connectivity index (χ4n) is 1.31. The molecule has 0 unspecified atom stereocenters. The van der Waals surface area contributed by atoms with Crippen molar-refractivity contribution in [3.05, 3.63) is 60.8 Å². The third kappa shape index (κ3) is 2.60. The van der Waals surface area contributed by atoms with Gasteiger partial charge < -0.3 is 5.11 Å². The number of fused-ring (bicyclic) bond motifs is 1. The van der Waals surface area contributed by atoms with E-state index in [4.69, 9.17) is 5.11 Å². The minimum atomic E-state index is 0.322. The first kappa shape index (κ1) is 10.2. The maximum Gasteiger partial charge on any atom is 0.115 e. The van der Waals surface area contributed by atoms with Crippen molar-refractivity contribution in [3.63, 3.8) is 0 Å². The summed E-state index contributed by atoms with van der Waals surface area (Å²) in [5, 5.41) is 16.5. The van der Waals surface area contributed by atoms with Crippen LogP contribution in [-0.4, -0.2) is 15.3 Å². The molecule has 0 bridgehead atoms. The number of aromatic nitrogens is 2. The molecule has 3 heteroatoms. The summed E-state index contributed by atoms with van der Waals surface area (Å²) in [5.74, 6) is 0.322. The van der Waals surface area contributed by atoms with Crippen LogP contribution in [0.5, 0.6) is 5.75 Å². The van der Waals surface area contributed by atoms with E-state index in [0.29, 0.717) is 5.75 Å². The van der Waals surface area contributed by atoms with Gasteiger partial charge in [0.2, 0.25) is 0 Å². The van der Waals surface area contributed by atoms with Gasteiger partial charge >= 0.3 is 0 Å². The maximum atomic E-state index is 8.63. The number of aromatic amines is 1. The van der Waals surface area contributed by atoms with E-state index in [1.807, 2.05) is 36.5 Å². The smallest absolute Gasteiger partial charge is 0.115 e. The zero-order valence-corrected chi connectivity index (χ0v) is 8.67. The lowest BCUT2D eigenvalue weighted by molar-refractivity contribution is 0.475. The van der Waals surface area contributed by atoms with Crippen molar-refractivity contribution in [1.82, 2.24) is 10.2 Å². The summed E-state index contributed by atoms with van der Waals surface area (Å²) in [7, 11) is 0. The van der Waals surface area contributed by atoms with Crippen molar-refractivity contribution in [2.24, 2.45) is 0 Å². The first-order valence-electron chi connectivity index (χ1n) is 4.98. The third-order valence-corrected chi connectivity index (χ3v) is 2.11. The Morgan fingerprint density at radius 1 is 0.875 bits per heavy atom. The van der Waals surface area contributed by atoms with Crippen molar-refractivity contribution >= 4 is 10.9 Å². The molecule has 0 aliphatic rings. The summed E-state index contributed by atoms with van der Waals surface area (Å²) in [4.78, 5) is 0. The highest BCUT2D eigenvalue weighted by atomic mass is 16.3. The zero-order valence-electron chi connectivity index (χ0n) is 8.67. The van der Waals surface area contributed by atoms with E-state index in [9.17, 15) is 0 Å². The first-order valence-corrected chi connectivity index (χ1v) is 4.98. The maximum absolute atomic E-state index is 8.63. The Bertz CT molecular complexity index is 516. The molecule has 1 heterocycles. The molecule has 0 aliphatic heterocycles. The molecule has 0 fully saturated rings. The molecule has 0 amide bonds. The predicted molar refractivity (Wildman–Crippen MR) is 64.2 cm³/mol. The highest BCUT2D eigenvalue weighted by Gasteiger charge is 1.88. The summed E-state index contributed by atoms with van der Waals surface area (Å²) >= 11 is 0. The number of phenolic OH excluding ortho intramolecular Hbond substituents is 1. The van der Waals surface area contributed by atoms with Gasteiger partial charge in [0.15, 0.2) is 0 Å². The van der Waals surface area contributed by atoms with E-state index in [-0.39, 0.29) is 0 Å². The Labute approximate surface area is 93.4 Å². The monoisotopic (exact) mass is 212 g/mol. The molecule has 0 aliphatic carbocycles. The van der Waals surface area contributed by atoms with Crippen molar-refractivity contribution in [1.29, 1.82) is 0 Å². The second-order valence-electron chi connectivity index (χ2n) is 3.29. The summed E-state index contributed by atoms with van der Waals surface area (Å²) in [6.45, 7) is 0. The molecular weight excluding hydrogens is 200 g/mol. The summed E-state index contributed by atoms with van der Waals surface area (Å²) < 4.78 is 0. The molecule has 0 atom stereocenters. The number of para-hydroxylation sites is 2. The van der Waals surface area contributed by atoms with Gasteiger partial charge in [-0.3, -0.25) is 5.10 Å². The second kappa shape index (κ2) is 4.98. The van der Waals surface area contributed by atoms with E-state index < -0.39 is 0 Å². The molecule has 0 saturated carbocycles. The molecule has 2 N–H and O–H groups in total. The Kier molecular flexibility index (Phi) is 3.18. The van der Waals surface area contributed by atoms with Crippen molar-refractivity contribution < 1.29 is 5.11 Å². The van der Waals surface area contributed by atoms with Crippen LogP contribution in [0.15, 0.2) is 60.8 Å². The normalized spacial score (nSPS) is 9.50. The van der Waals surface area contributed by atoms with Gasteiger partial charge in [0.25, 0.3) is 0 Å². The molecule has 3 rings (SSSR count). The SMILES string of the molecule is Oc1ccccc1.c1ccc2[nH]ncc2c1. The van der Waals surface area contributed by atoms with Gasteiger partial charge in [-0.1, -0.05) is 36.4 Å². The fourth-order valence-corrected chi connectivity index (χ4v) is 1.31. The van der Waals surface area contributed by atoms with Crippen LogP contribution in [0.4, 0.5) is 0 Å². The number of rotatable bonds is 0. The number of nitrogens with zero attached hydrogens (tertiary/aromatic N) is 1. The number of hydrogen-bond acceptors (Lipinski definition) is 2. The van der Waals surface area contributed by atoms with Crippen LogP contribution in [-0.2, 0) is 0 Å². The van der Waals surface area contributed by atoms with Crippen LogP contribution in [0.1, 0.15) is 0 Å². The Hall–Kier alpha value is -2.29. The minimum absolute atomic E-state index is 0.322. The van der Waals surface area contributed by atoms with Crippen LogP contribution in [0.2, 0.25) is 0 Å². The minimum Gasteiger partial charge on any atom is -0.508 e. The summed E-state index contributed by atoms with van der Waals surface area (Å²) in [6, 6.07) is 16.7. The Morgan fingerprint density at radius 2 is 1.56 bits per heavy atom. The molecule has 2 aromatic carbocycles.